The molecular weight excluding hydrogens is 382 g/mol. The fourth-order valence-electron chi connectivity index (χ4n) is 2.51. The second-order valence-corrected chi connectivity index (χ2v) is 6.64. The summed E-state index contributed by atoms with van der Waals surface area (Å²) in [6, 6.07) is 10.7. The summed E-state index contributed by atoms with van der Waals surface area (Å²) in [6.07, 6.45) is 0.143. The number of halogens is 2. The van der Waals surface area contributed by atoms with Gasteiger partial charge in [0.1, 0.15) is 6.54 Å². The van der Waals surface area contributed by atoms with Gasteiger partial charge in [-0.05, 0) is 29.8 Å². The average Bonchev–Trinajstić information content (AvgIpc) is 2.49. The molecule has 1 heterocycles. The van der Waals surface area contributed by atoms with Crippen LogP contribution in [0.3, 0.4) is 0 Å². The van der Waals surface area contributed by atoms with Crippen LogP contribution >= 0.6 is 27.5 Å². The lowest BCUT2D eigenvalue weighted by Crippen LogP contribution is -2.34. The lowest BCUT2D eigenvalue weighted by Gasteiger charge is -2.27. The van der Waals surface area contributed by atoms with Gasteiger partial charge in [-0.15, -0.1) is 0 Å². The molecule has 0 unspecified atom stereocenters. The zero-order valence-corrected chi connectivity index (χ0v) is 14.6. The van der Waals surface area contributed by atoms with E-state index in [1.165, 1.54) is 0 Å². The van der Waals surface area contributed by atoms with Gasteiger partial charge in [-0.3, -0.25) is 4.79 Å². The van der Waals surface area contributed by atoms with Gasteiger partial charge < -0.3 is 9.64 Å². The monoisotopic (exact) mass is 393 g/mol. The summed E-state index contributed by atoms with van der Waals surface area (Å²) in [5, 5.41) is 0.520. The quantitative estimate of drug-likeness (QED) is 0.450. The van der Waals surface area contributed by atoms with Crippen LogP contribution in [-0.4, -0.2) is 25.3 Å². The van der Waals surface area contributed by atoms with Crippen LogP contribution in [0, 0.1) is 0 Å². The highest BCUT2D eigenvalue weighted by molar-refractivity contribution is 9.10. The fourth-order valence-corrected chi connectivity index (χ4v) is 3.25. The van der Waals surface area contributed by atoms with Gasteiger partial charge in [0.05, 0.1) is 11.3 Å². The van der Waals surface area contributed by atoms with Crippen LogP contribution < -0.4 is 9.64 Å². The Labute approximate surface area is 147 Å². The van der Waals surface area contributed by atoms with Crippen LogP contribution in [0.4, 0.5) is 5.69 Å². The van der Waals surface area contributed by atoms with Crippen molar-refractivity contribution in [3.05, 3.63) is 57.0 Å². The predicted molar refractivity (Wildman–Crippen MR) is 92.5 cm³/mol. The number of rotatable bonds is 3. The molecule has 0 aliphatic carbocycles. The van der Waals surface area contributed by atoms with E-state index in [-0.39, 0.29) is 24.7 Å². The molecule has 0 aromatic heterocycles. The van der Waals surface area contributed by atoms with Gasteiger partial charge in [0.2, 0.25) is 0 Å². The molecular formula is C17H13BrClNO3. The van der Waals surface area contributed by atoms with Crippen molar-refractivity contribution in [1.82, 2.24) is 0 Å². The van der Waals surface area contributed by atoms with Crippen LogP contribution in [0.15, 0.2) is 40.9 Å². The molecule has 2 aromatic rings. The van der Waals surface area contributed by atoms with Crippen molar-refractivity contribution in [2.24, 2.45) is 0 Å². The summed E-state index contributed by atoms with van der Waals surface area (Å²) in [5.74, 6) is -0.194. The van der Waals surface area contributed by atoms with Crippen LogP contribution in [0.5, 0.6) is 5.75 Å². The van der Waals surface area contributed by atoms with Crippen molar-refractivity contribution in [2.75, 3.05) is 18.5 Å². The third kappa shape index (κ3) is 3.26. The first-order chi connectivity index (χ1) is 11.0. The number of fused-ring (bicyclic) bond motifs is 1. The molecule has 0 spiro atoms. The summed E-state index contributed by atoms with van der Waals surface area (Å²) < 4.78 is 6.15. The van der Waals surface area contributed by atoms with E-state index in [0.717, 1.165) is 15.7 Å². The normalized spacial score (nSPS) is 13.5. The van der Waals surface area contributed by atoms with Gasteiger partial charge in [0.15, 0.2) is 11.5 Å². The lowest BCUT2D eigenvalue weighted by atomic mass is 10.0. The summed E-state index contributed by atoms with van der Waals surface area (Å²) in [7, 11) is 1.79. The number of carbonyl (C=O) groups excluding carboxylic acids is 2. The number of nitrogens with zero attached hydrogens (tertiary/aromatic N) is 1. The van der Waals surface area contributed by atoms with E-state index in [1.54, 1.807) is 36.2 Å². The van der Waals surface area contributed by atoms with E-state index in [2.05, 4.69) is 15.9 Å². The lowest BCUT2D eigenvalue weighted by molar-refractivity contribution is -0.133. The minimum absolute atomic E-state index is 0.143. The number of likely N-dealkylation sites (N-methyl/N-ethyl adjacent to an activating group) is 1. The van der Waals surface area contributed by atoms with Gasteiger partial charge in [0, 0.05) is 23.0 Å². The molecule has 0 N–H and O–H groups in total. The number of ketones is 1. The molecule has 2 aromatic carbocycles. The number of hydrogen-bond acceptors (Lipinski definition) is 4. The van der Waals surface area contributed by atoms with Crippen molar-refractivity contribution in [3.63, 3.8) is 0 Å². The molecule has 118 valence electrons. The summed E-state index contributed by atoms with van der Waals surface area (Å²) in [4.78, 5) is 26.1. The van der Waals surface area contributed by atoms with Crippen LogP contribution in [0.25, 0.3) is 0 Å². The zero-order chi connectivity index (χ0) is 16.6. The Morgan fingerprint density at radius 1 is 1.35 bits per heavy atom. The van der Waals surface area contributed by atoms with Gasteiger partial charge in [0.25, 0.3) is 0 Å². The highest BCUT2D eigenvalue weighted by atomic mass is 79.9. The number of benzene rings is 2. The SMILES string of the molecule is CN1CC(=O)Oc2c(C(=O)Cc3ccc(Br)cc3Cl)cccc21. The van der Waals surface area contributed by atoms with E-state index < -0.39 is 0 Å². The number of para-hydroxylation sites is 1. The number of hydrogen-bond donors (Lipinski definition) is 0. The molecule has 0 amide bonds. The topological polar surface area (TPSA) is 46.6 Å². The van der Waals surface area contributed by atoms with E-state index in [9.17, 15) is 9.59 Å². The molecule has 0 saturated heterocycles. The van der Waals surface area contributed by atoms with Crippen molar-refractivity contribution in [2.45, 2.75) is 6.42 Å². The highest BCUT2D eigenvalue weighted by Crippen LogP contribution is 2.35. The zero-order valence-electron chi connectivity index (χ0n) is 12.3. The number of esters is 1. The Morgan fingerprint density at radius 2 is 2.13 bits per heavy atom. The van der Waals surface area contributed by atoms with Gasteiger partial charge >= 0.3 is 5.97 Å². The van der Waals surface area contributed by atoms with Crippen molar-refractivity contribution >= 4 is 45.0 Å². The first-order valence-corrected chi connectivity index (χ1v) is 8.15. The molecule has 1 aliphatic rings. The number of Topliss-reactive ketones (excluding diaryl/α,β-unsaturated/α-hetero) is 1. The minimum atomic E-state index is -0.373. The maximum absolute atomic E-state index is 12.7. The van der Waals surface area contributed by atoms with E-state index in [4.69, 9.17) is 16.3 Å². The van der Waals surface area contributed by atoms with Gasteiger partial charge in [-0.2, -0.15) is 0 Å². The molecule has 0 fully saturated rings. The second kappa shape index (κ2) is 6.34. The maximum atomic E-state index is 12.7. The Bertz CT molecular complexity index is 806. The van der Waals surface area contributed by atoms with Gasteiger partial charge in [-0.25, -0.2) is 4.79 Å². The van der Waals surface area contributed by atoms with Crippen molar-refractivity contribution < 1.29 is 14.3 Å². The van der Waals surface area contributed by atoms with Crippen LogP contribution in [0.1, 0.15) is 15.9 Å². The molecule has 3 rings (SSSR count). The molecule has 0 atom stereocenters. The maximum Gasteiger partial charge on any atom is 0.331 e. The smallest absolute Gasteiger partial charge is 0.331 e. The Balaban J connectivity index is 1.94. The standard InChI is InChI=1S/C17H13BrClNO3/c1-20-9-16(22)23-17-12(3-2-4-14(17)20)15(21)7-10-5-6-11(18)8-13(10)19/h2-6,8H,7,9H2,1H3. The number of carbonyl (C=O) groups is 2. The molecule has 6 heteroatoms. The minimum Gasteiger partial charge on any atom is -0.422 e. The summed E-state index contributed by atoms with van der Waals surface area (Å²) >= 11 is 9.51. The first kappa shape index (κ1) is 16.0. The first-order valence-electron chi connectivity index (χ1n) is 6.97. The predicted octanol–water partition coefficient (Wildman–Crippen LogP) is 3.88. The van der Waals surface area contributed by atoms with E-state index in [0.29, 0.717) is 16.3 Å². The fraction of sp³-hybridized carbons (Fsp3) is 0.176. The van der Waals surface area contributed by atoms with Crippen LogP contribution in [0.2, 0.25) is 5.02 Å². The molecule has 0 radical (unpaired) electrons. The largest absolute Gasteiger partial charge is 0.422 e. The van der Waals surface area contributed by atoms with E-state index in [1.807, 2.05) is 12.1 Å². The van der Waals surface area contributed by atoms with E-state index >= 15 is 0 Å². The average molecular weight is 395 g/mol. The number of ether oxygens (including phenoxy) is 1. The molecule has 0 saturated carbocycles. The third-order valence-electron chi connectivity index (χ3n) is 3.65. The summed E-state index contributed by atoms with van der Waals surface area (Å²) in [6.45, 7) is 0.170. The van der Waals surface area contributed by atoms with Gasteiger partial charge in [-0.1, -0.05) is 39.7 Å². The molecule has 0 bridgehead atoms. The Morgan fingerprint density at radius 3 is 2.87 bits per heavy atom. The summed E-state index contributed by atoms with van der Waals surface area (Å²) in [5.41, 5.74) is 1.85. The molecule has 1 aliphatic heterocycles. The molecule has 23 heavy (non-hydrogen) atoms. The van der Waals surface area contributed by atoms with Crippen LogP contribution in [-0.2, 0) is 11.2 Å². The highest BCUT2D eigenvalue weighted by Gasteiger charge is 2.26. The second-order valence-electron chi connectivity index (χ2n) is 5.32. The Hall–Kier alpha value is -1.85. The third-order valence-corrected chi connectivity index (χ3v) is 4.50. The number of anilines is 1. The van der Waals surface area contributed by atoms with Crippen molar-refractivity contribution in [1.29, 1.82) is 0 Å². The molecule has 4 nitrogen and oxygen atoms in total. The Kier molecular flexibility index (Phi) is 4.41. The van der Waals surface area contributed by atoms with Crippen molar-refractivity contribution in [3.8, 4) is 5.75 Å².